The van der Waals surface area contributed by atoms with Gasteiger partial charge in [-0.05, 0) is 39.8 Å². The van der Waals surface area contributed by atoms with Gasteiger partial charge in [0.25, 0.3) is 0 Å². The summed E-state index contributed by atoms with van der Waals surface area (Å²) < 4.78 is 9.51. The average molecular weight is 236 g/mol. The molecule has 0 amide bonds. The zero-order valence-corrected chi connectivity index (χ0v) is 8.33. The van der Waals surface area contributed by atoms with Gasteiger partial charge in [-0.3, -0.25) is 4.57 Å². The van der Waals surface area contributed by atoms with Crippen LogP contribution in [0.2, 0.25) is 0 Å². The highest BCUT2D eigenvalue weighted by Gasteiger charge is 2.02. The summed E-state index contributed by atoms with van der Waals surface area (Å²) in [4.78, 5) is 2.68. The molecule has 0 aliphatic rings. The fraction of sp³-hybridized carbons (Fsp3) is 0. The fourth-order valence-corrected chi connectivity index (χ4v) is 0.315. The van der Waals surface area contributed by atoms with E-state index in [4.69, 9.17) is 5.11 Å². The number of rotatable bonds is 0. The Kier molecular flexibility index (Phi) is 5.02. The summed E-state index contributed by atoms with van der Waals surface area (Å²) in [6.07, 6.45) is 3.18. The lowest BCUT2D eigenvalue weighted by molar-refractivity contribution is 0.476. The van der Waals surface area contributed by atoms with Gasteiger partial charge in [-0.1, -0.05) is 0 Å². The van der Waals surface area contributed by atoms with Crippen molar-refractivity contribution in [3.05, 3.63) is 18.5 Å². The van der Waals surface area contributed by atoms with Crippen molar-refractivity contribution in [1.82, 2.24) is 4.98 Å². The summed E-state index contributed by atoms with van der Waals surface area (Å²) in [5.41, 5.74) is 0. The predicted molar refractivity (Wildman–Crippen MR) is 47.6 cm³/mol. The molecule has 0 radical (unpaired) electrons. The lowest BCUT2D eigenvalue weighted by Gasteiger charge is -1.74. The average Bonchev–Trinajstić information content (AvgIpc) is 2.12. The Morgan fingerprint density at radius 2 is 1.91 bits per heavy atom. The first-order valence-corrected chi connectivity index (χ1v) is 6.82. The van der Waals surface area contributed by atoms with E-state index < -0.39 is 5.20 Å². The first-order chi connectivity index (χ1) is 4.89. The van der Waals surface area contributed by atoms with E-state index in [0.29, 0.717) is 0 Å². The van der Waals surface area contributed by atoms with Crippen LogP contribution in [0.25, 0.3) is 0 Å². The summed E-state index contributed by atoms with van der Waals surface area (Å²) in [6.45, 7) is 0. The van der Waals surface area contributed by atoms with E-state index in [0.717, 1.165) is 0 Å². The maximum Gasteiger partial charge on any atom is 0.339 e. The Hall–Kier alpha value is 0.180. The monoisotopic (exact) mass is 235 g/mol. The van der Waals surface area contributed by atoms with Crippen LogP contribution < -0.4 is 0 Å². The van der Waals surface area contributed by atoms with E-state index in [1.54, 1.807) is 12.3 Å². The van der Waals surface area contributed by atoms with E-state index in [2.05, 4.69) is 38.7 Å². The molecular weight excluding hydrogens is 231 g/mol. The molecule has 1 aromatic heterocycles. The third kappa shape index (κ3) is 13.2. The van der Waals surface area contributed by atoms with Crippen molar-refractivity contribution in [2.24, 2.45) is 0 Å². The molecule has 0 bridgehead atoms. The first kappa shape index (κ1) is 11.2. The van der Waals surface area contributed by atoms with Crippen LogP contribution in [-0.2, 0) is 4.57 Å². The van der Waals surface area contributed by atoms with Crippen LogP contribution in [-0.4, -0.2) is 10.1 Å². The molecule has 3 nitrogen and oxygen atoms in total. The van der Waals surface area contributed by atoms with Crippen molar-refractivity contribution in [3.63, 3.8) is 0 Å². The van der Waals surface area contributed by atoms with E-state index in [1.165, 1.54) is 6.20 Å². The number of aromatic hydroxyl groups is 1. The normalized spacial score (nSPS) is 10.1. The quantitative estimate of drug-likeness (QED) is 0.677. The third-order valence-corrected chi connectivity index (χ3v) is 0.582. The second-order valence-electron chi connectivity index (χ2n) is 1.47. The van der Waals surface area contributed by atoms with E-state index in [-0.39, 0.29) is 5.75 Å². The summed E-state index contributed by atoms with van der Waals surface area (Å²) in [5, 5.41) is 5.22. The number of nitrogens with one attached hydrogen (secondary N) is 1. The molecule has 2 N–H and O–H groups in total. The number of aromatic amines is 1. The highest BCUT2D eigenvalue weighted by molar-refractivity contribution is 8.24. The smallest absolute Gasteiger partial charge is 0.339 e. The zero-order chi connectivity index (χ0) is 8.91. The van der Waals surface area contributed by atoms with Gasteiger partial charge in [0.1, 0.15) is 5.75 Å². The molecule has 0 aliphatic heterocycles. The van der Waals surface area contributed by atoms with Gasteiger partial charge < -0.3 is 10.1 Å². The zero-order valence-electron chi connectivity index (χ0n) is 5.17. The molecule has 0 aromatic carbocycles. The Bertz CT molecular complexity index is 223. The molecule has 1 aromatic rings. The van der Waals surface area contributed by atoms with Crippen LogP contribution in [0.4, 0.5) is 0 Å². The Labute approximate surface area is 78.0 Å². The number of hydrogen-bond acceptors (Lipinski definition) is 2. The van der Waals surface area contributed by atoms with Crippen LogP contribution in [0.1, 0.15) is 0 Å². The highest BCUT2D eigenvalue weighted by atomic mass is 36.0. The van der Waals surface area contributed by atoms with E-state index >= 15 is 0 Å². The second-order valence-corrected chi connectivity index (χ2v) is 8.11. The molecule has 0 fully saturated rings. The van der Waals surface area contributed by atoms with Gasteiger partial charge in [-0.15, -0.1) is 0 Å². The van der Waals surface area contributed by atoms with Gasteiger partial charge >= 0.3 is 5.20 Å². The molecule has 0 spiro atoms. The third-order valence-electron chi connectivity index (χ3n) is 0.582. The molecule has 1 rings (SSSR count). The van der Waals surface area contributed by atoms with Gasteiger partial charge in [0.05, 0.1) is 0 Å². The molecule has 0 unspecified atom stereocenters. The Morgan fingerprint density at radius 3 is 2.00 bits per heavy atom. The van der Waals surface area contributed by atoms with Crippen LogP contribution in [0, 0.1) is 0 Å². The minimum absolute atomic E-state index is 0.287. The number of halogens is 3. The standard InChI is InChI=1S/C4H5NO.Cl3OP/c6-4-1-2-5-3-4;1-5(2,3)4/h1-3,5-6H;. The molecule has 1 heterocycles. The predicted octanol–water partition coefficient (Wildman–Crippen LogP) is 3.53. The fourth-order valence-electron chi connectivity index (χ4n) is 0.315. The van der Waals surface area contributed by atoms with Crippen molar-refractivity contribution < 1.29 is 9.67 Å². The van der Waals surface area contributed by atoms with Crippen molar-refractivity contribution in [1.29, 1.82) is 0 Å². The maximum atomic E-state index is 9.51. The summed E-state index contributed by atoms with van der Waals surface area (Å²) in [5.74, 6) is 0.287. The Morgan fingerprint density at radius 1 is 1.45 bits per heavy atom. The van der Waals surface area contributed by atoms with Gasteiger partial charge in [0.15, 0.2) is 0 Å². The van der Waals surface area contributed by atoms with Crippen LogP contribution in [0.3, 0.4) is 0 Å². The van der Waals surface area contributed by atoms with Gasteiger partial charge in [-0.25, -0.2) is 0 Å². The largest absolute Gasteiger partial charge is 0.506 e. The van der Waals surface area contributed by atoms with Crippen molar-refractivity contribution in [2.75, 3.05) is 0 Å². The second kappa shape index (κ2) is 4.94. The SMILES string of the molecule is O=P(Cl)(Cl)Cl.Oc1cc[nH]c1. The summed E-state index contributed by atoms with van der Waals surface area (Å²) in [7, 11) is 0. The maximum absolute atomic E-state index is 9.51. The van der Waals surface area contributed by atoms with Crippen LogP contribution in [0.5, 0.6) is 5.75 Å². The van der Waals surface area contributed by atoms with Gasteiger partial charge in [-0.2, -0.15) is 0 Å². The summed E-state index contributed by atoms with van der Waals surface area (Å²) >= 11 is 13.8. The minimum Gasteiger partial charge on any atom is -0.506 e. The van der Waals surface area contributed by atoms with E-state index in [1.807, 2.05) is 0 Å². The Balaban J connectivity index is 0.000000187. The number of hydrogen-bond donors (Lipinski definition) is 2. The summed E-state index contributed by atoms with van der Waals surface area (Å²) in [6, 6.07) is 1.58. The molecule has 0 saturated heterocycles. The number of aromatic nitrogens is 1. The van der Waals surface area contributed by atoms with Crippen LogP contribution in [0.15, 0.2) is 18.5 Å². The minimum atomic E-state index is -3.22. The lowest BCUT2D eigenvalue weighted by atomic mass is 10.6. The van der Waals surface area contributed by atoms with Crippen LogP contribution >= 0.6 is 38.9 Å². The molecule has 64 valence electrons. The topological polar surface area (TPSA) is 53.1 Å². The van der Waals surface area contributed by atoms with Crippen molar-refractivity contribution >= 4 is 38.9 Å². The van der Waals surface area contributed by atoms with Crippen molar-refractivity contribution in [2.45, 2.75) is 0 Å². The van der Waals surface area contributed by atoms with Gasteiger partial charge in [0, 0.05) is 12.4 Å². The molecule has 0 aliphatic carbocycles. The highest BCUT2D eigenvalue weighted by Crippen LogP contribution is 2.61. The molecular formula is C4H5Cl3NO2P. The number of H-pyrrole nitrogens is 1. The van der Waals surface area contributed by atoms with Crippen molar-refractivity contribution in [3.8, 4) is 5.75 Å². The molecule has 0 atom stereocenters. The van der Waals surface area contributed by atoms with Gasteiger partial charge in [0.2, 0.25) is 0 Å². The molecule has 11 heavy (non-hydrogen) atoms. The van der Waals surface area contributed by atoms with E-state index in [9.17, 15) is 4.57 Å². The molecule has 0 saturated carbocycles. The molecule has 7 heteroatoms. The first-order valence-electron chi connectivity index (χ1n) is 2.40. The lowest BCUT2D eigenvalue weighted by Crippen LogP contribution is -1.44.